The highest BCUT2D eigenvalue weighted by atomic mass is 32.1. The number of nitrogens with one attached hydrogen (secondary N) is 2. The van der Waals surface area contributed by atoms with Crippen molar-refractivity contribution in [1.29, 1.82) is 0 Å². The molecule has 0 atom stereocenters. The molecule has 0 amide bonds. The average molecular weight is 271 g/mol. The van der Waals surface area contributed by atoms with Crippen molar-refractivity contribution in [3.63, 3.8) is 0 Å². The van der Waals surface area contributed by atoms with Gasteiger partial charge in [0.25, 0.3) is 0 Å². The van der Waals surface area contributed by atoms with Crippen molar-refractivity contribution in [2.24, 2.45) is 5.10 Å². The van der Waals surface area contributed by atoms with E-state index >= 15 is 0 Å². The number of hydrogen-bond acceptors (Lipinski definition) is 5. The lowest BCUT2D eigenvalue weighted by atomic mass is 10.2. The fourth-order valence-electron chi connectivity index (χ4n) is 1.85. The zero-order chi connectivity index (χ0) is 13.2. The van der Waals surface area contributed by atoms with Crippen molar-refractivity contribution in [3.05, 3.63) is 40.8 Å². The van der Waals surface area contributed by atoms with Crippen LogP contribution in [0.15, 0.2) is 29.8 Å². The van der Waals surface area contributed by atoms with Crippen molar-refractivity contribution < 1.29 is 0 Å². The SMILES string of the molecule is Cc1sc2ncnc(NN=Cc3ccc[nH]3)c2c1C. The maximum Gasteiger partial charge on any atom is 0.158 e. The first-order valence-electron chi connectivity index (χ1n) is 5.89. The van der Waals surface area contributed by atoms with Crippen LogP contribution in [0, 0.1) is 13.8 Å². The minimum absolute atomic E-state index is 0.745. The molecule has 19 heavy (non-hydrogen) atoms. The lowest BCUT2D eigenvalue weighted by molar-refractivity contribution is 1.18. The Morgan fingerprint density at radius 3 is 3.05 bits per heavy atom. The standard InChI is InChI=1S/C13H13N5S/c1-8-9(2)19-13-11(8)12(15-7-16-13)18-17-6-10-4-3-5-14-10/h3-7,14H,1-2H3,(H,15,16,18). The van der Waals surface area contributed by atoms with E-state index in [1.807, 2.05) is 18.3 Å². The van der Waals surface area contributed by atoms with Gasteiger partial charge in [-0.3, -0.25) is 5.43 Å². The molecule has 0 unspecified atom stereocenters. The Morgan fingerprint density at radius 2 is 2.26 bits per heavy atom. The minimum Gasteiger partial charge on any atom is -0.360 e. The van der Waals surface area contributed by atoms with E-state index in [9.17, 15) is 0 Å². The molecule has 5 nitrogen and oxygen atoms in total. The fraction of sp³-hybridized carbons (Fsp3) is 0.154. The van der Waals surface area contributed by atoms with E-state index < -0.39 is 0 Å². The van der Waals surface area contributed by atoms with Crippen molar-refractivity contribution in [2.75, 3.05) is 5.43 Å². The topological polar surface area (TPSA) is 66.0 Å². The quantitative estimate of drug-likeness (QED) is 0.568. The zero-order valence-electron chi connectivity index (χ0n) is 10.6. The van der Waals surface area contributed by atoms with Crippen molar-refractivity contribution in [2.45, 2.75) is 13.8 Å². The third-order valence-electron chi connectivity index (χ3n) is 2.96. The summed E-state index contributed by atoms with van der Waals surface area (Å²) in [7, 11) is 0. The number of aryl methyl sites for hydroxylation is 2. The van der Waals surface area contributed by atoms with Crippen LogP contribution < -0.4 is 5.43 Å². The van der Waals surface area contributed by atoms with E-state index in [4.69, 9.17) is 0 Å². The van der Waals surface area contributed by atoms with Crippen LogP contribution in [0.5, 0.6) is 0 Å². The lowest BCUT2D eigenvalue weighted by Gasteiger charge is -2.01. The maximum absolute atomic E-state index is 4.29. The molecule has 0 saturated heterocycles. The van der Waals surface area contributed by atoms with Crippen LogP contribution in [0.2, 0.25) is 0 Å². The summed E-state index contributed by atoms with van der Waals surface area (Å²) in [6, 6.07) is 3.87. The van der Waals surface area contributed by atoms with Crippen molar-refractivity contribution >= 4 is 33.6 Å². The van der Waals surface area contributed by atoms with E-state index in [1.54, 1.807) is 23.9 Å². The van der Waals surface area contributed by atoms with Gasteiger partial charge < -0.3 is 4.98 Å². The van der Waals surface area contributed by atoms with Crippen LogP contribution in [0.1, 0.15) is 16.1 Å². The van der Waals surface area contributed by atoms with E-state index in [0.29, 0.717) is 0 Å². The second kappa shape index (κ2) is 4.81. The minimum atomic E-state index is 0.745. The summed E-state index contributed by atoms with van der Waals surface area (Å²) < 4.78 is 0. The number of hydrogen-bond donors (Lipinski definition) is 2. The monoisotopic (exact) mass is 271 g/mol. The number of thiophene rings is 1. The first kappa shape index (κ1) is 11.9. The highest BCUT2D eigenvalue weighted by Gasteiger charge is 2.10. The number of aromatic amines is 1. The van der Waals surface area contributed by atoms with Crippen LogP contribution in [0.3, 0.4) is 0 Å². The number of hydrazone groups is 1. The molecule has 0 bridgehead atoms. The molecular formula is C13H13N5S. The van der Waals surface area contributed by atoms with Crippen LogP contribution >= 0.6 is 11.3 Å². The van der Waals surface area contributed by atoms with Crippen molar-refractivity contribution in [3.8, 4) is 0 Å². The van der Waals surface area contributed by atoms with Gasteiger partial charge in [0.05, 0.1) is 17.3 Å². The molecule has 0 radical (unpaired) electrons. The van der Waals surface area contributed by atoms with Crippen LogP contribution in [-0.4, -0.2) is 21.2 Å². The molecule has 0 aromatic carbocycles. The number of anilines is 1. The number of rotatable bonds is 3. The summed E-state index contributed by atoms with van der Waals surface area (Å²) in [6.07, 6.45) is 5.14. The Hall–Kier alpha value is -2.21. The highest BCUT2D eigenvalue weighted by molar-refractivity contribution is 7.18. The van der Waals surface area contributed by atoms with Gasteiger partial charge in [-0.25, -0.2) is 9.97 Å². The molecule has 3 rings (SSSR count). The Morgan fingerprint density at radius 1 is 1.37 bits per heavy atom. The molecule has 96 valence electrons. The summed E-state index contributed by atoms with van der Waals surface area (Å²) in [5, 5.41) is 5.24. The number of aromatic nitrogens is 3. The maximum atomic E-state index is 4.29. The summed E-state index contributed by atoms with van der Waals surface area (Å²) in [6.45, 7) is 4.17. The average Bonchev–Trinajstić information content (AvgIpc) is 3.00. The lowest BCUT2D eigenvalue weighted by Crippen LogP contribution is -1.95. The third kappa shape index (κ3) is 2.22. The van der Waals surface area contributed by atoms with Crippen LogP contribution in [0.25, 0.3) is 10.2 Å². The molecular weight excluding hydrogens is 258 g/mol. The summed E-state index contributed by atoms with van der Waals surface area (Å²) in [5.74, 6) is 0.745. The second-order valence-electron chi connectivity index (χ2n) is 4.18. The van der Waals surface area contributed by atoms with Gasteiger partial charge in [-0.15, -0.1) is 11.3 Å². The molecule has 3 heterocycles. The fourth-order valence-corrected chi connectivity index (χ4v) is 2.85. The predicted octanol–water partition coefficient (Wildman–Crippen LogP) is 3.08. The molecule has 0 aliphatic carbocycles. The van der Waals surface area contributed by atoms with Gasteiger partial charge in [0, 0.05) is 11.1 Å². The van der Waals surface area contributed by atoms with Gasteiger partial charge in [0.2, 0.25) is 0 Å². The molecule has 3 aromatic heterocycles. The van der Waals surface area contributed by atoms with E-state index in [-0.39, 0.29) is 0 Å². The Bertz CT molecular complexity index is 727. The van der Waals surface area contributed by atoms with Gasteiger partial charge in [-0.05, 0) is 31.5 Å². The Labute approximate surface area is 114 Å². The largest absolute Gasteiger partial charge is 0.360 e. The normalized spacial score (nSPS) is 11.5. The molecule has 6 heteroatoms. The van der Waals surface area contributed by atoms with Crippen molar-refractivity contribution in [1.82, 2.24) is 15.0 Å². The van der Waals surface area contributed by atoms with E-state index in [1.165, 1.54) is 10.4 Å². The van der Waals surface area contributed by atoms with Crippen LogP contribution in [-0.2, 0) is 0 Å². The van der Waals surface area contributed by atoms with E-state index in [0.717, 1.165) is 21.7 Å². The van der Waals surface area contributed by atoms with Gasteiger partial charge >= 0.3 is 0 Å². The third-order valence-corrected chi connectivity index (χ3v) is 4.08. The zero-order valence-corrected chi connectivity index (χ0v) is 11.5. The second-order valence-corrected chi connectivity index (χ2v) is 5.38. The van der Waals surface area contributed by atoms with Gasteiger partial charge in [0.1, 0.15) is 11.2 Å². The molecule has 0 spiro atoms. The summed E-state index contributed by atoms with van der Waals surface area (Å²) in [5.41, 5.74) is 5.13. The summed E-state index contributed by atoms with van der Waals surface area (Å²) >= 11 is 1.67. The predicted molar refractivity (Wildman–Crippen MR) is 78.9 cm³/mol. The number of nitrogens with zero attached hydrogens (tertiary/aromatic N) is 3. The molecule has 0 aliphatic rings. The first-order chi connectivity index (χ1) is 9.25. The number of H-pyrrole nitrogens is 1. The van der Waals surface area contributed by atoms with Crippen LogP contribution in [0.4, 0.5) is 5.82 Å². The molecule has 0 fully saturated rings. The molecule has 0 aliphatic heterocycles. The van der Waals surface area contributed by atoms with E-state index in [2.05, 4.69) is 39.3 Å². The first-order valence-corrected chi connectivity index (χ1v) is 6.70. The Balaban J connectivity index is 1.93. The molecule has 2 N–H and O–H groups in total. The van der Waals surface area contributed by atoms with Gasteiger partial charge in [-0.1, -0.05) is 0 Å². The number of fused-ring (bicyclic) bond motifs is 1. The van der Waals surface area contributed by atoms with Gasteiger partial charge in [-0.2, -0.15) is 5.10 Å². The Kier molecular flexibility index (Phi) is 3.00. The smallest absolute Gasteiger partial charge is 0.158 e. The summed E-state index contributed by atoms with van der Waals surface area (Å²) in [4.78, 5) is 13.9. The highest BCUT2D eigenvalue weighted by Crippen LogP contribution is 2.32. The molecule has 3 aromatic rings. The molecule has 0 saturated carbocycles. The van der Waals surface area contributed by atoms with Gasteiger partial charge in [0.15, 0.2) is 5.82 Å².